The number of carbonyl (C=O) groups is 2. The van der Waals surface area contributed by atoms with E-state index in [1.54, 1.807) is 38.2 Å². The van der Waals surface area contributed by atoms with Gasteiger partial charge in [0.05, 0.1) is 5.69 Å². The number of amides is 1. The Kier molecular flexibility index (Phi) is 4.14. The SMILES string of the molecule is CNc1nc(C)c(C(=O)Nc2cccc(C(C)=O)c2)s1. The largest absolute Gasteiger partial charge is 0.365 e. The molecule has 0 saturated carbocycles. The summed E-state index contributed by atoms with van der Waals surface area (Å²) in [5, 5.41) is 6.40. The summed E-state index contributed by atoms with van der Waals surface area (Å²) >= 11 is 1.30. The van der Waals surface area contributed by atoms with Gasteiger partial charge in [-0.05, 0) is 26.0 Å². The Bertz CT molecular complexity index is 664. The van der Waals surface area contributed by atoms with Crippen LogP contribution in [0.1, 0.15) is 32.6 Å². The van der Waals surface area contributed by atoms with Gasteiger partial charge in [0.25, 0.3) is 5.91 Å². The number of aryl methyl sites for hydroxylation is 1. The Morgan fingerprint density at radius 3 is 2.65 bits per heavy atom. The van der Waals surface area contributed by atoms with Crippen molar-refractivity contribution in [3.05, 3.63) is 40.4 Å². The maximum atomic E-state index is 12.2. The highest BCUT2D eigenvalue weighted by Crippen LogP contribution is 2.23. The summed E-state index contributed by atoms with van der Waals surface area (Å²) in [5.74, 6) is -0.255. The third kappa shape index (κ3) is 3.03. The number of hydrogen-bond donors (Lipinski definition) is 2. The lowest BCUT2D eigenvalue weighted by Crippen LogP contribution is -2.11. The molecular formula is C14H15N3O2S. The zero-order valence-corrected chi connectivity index (χ0v) is 12.3. The van der Waals surface area contributed by atoms with Crippen LogP contribution in [-0.2, 0) is 0 Å². The van der Waals surface area contributed by atoms with Gasteiger partial charge >= 0.3 is 0 Å². The second kappa shape index (κ2) is 5.83. The van der Waals surface area contributed by atoms with E-state index in [-0.39, 0.29) is 11.7 Å². The lowest BCUT2D eigenvalue weighted by atomic mass is 10.1. The number of ketones is 1. The number of nitrogens with one attached hydrogen (secondary N) is 2. The van der Waals surface area contributed by atoms with Crippen LogP contribution in [0.15, 0.2) is 24.3 Å². The van der Waals surface area contributed by atoms with Crippen LogP contribution in [0, 0.1) is 6.92 Å². The van der Waals surface area contributed by atoms with Crippen LogP contribution in [0.2, 0.25) is 0 Å². The molecule has 1 amide bonds. The van der Waals surface area contributed by atoms with Crippen LogP contribution in [0.5, 0.6) is 0 Å². The normalized spacial score (nSPS) is 10.2. The molecule has 2 N–H and O–H groups in total. The molecule has 0 saturated heterocycles. The Hall–Kier alpha value is -2.21. The topological polar surface area (TPSA) is 71.1 Å². The van der Waals surface area contributed by atoms with E-state index in [1.165, 1.54) is 18.3 Å². The number of thiazole rings is 1. The minimum Gasteiger partial charge on any atom is -0.365 e. The van der Waals surface area contributed by atoms with E-state index in [2.05, 4.69) is 15.6 Å². The fraction of sp³-hybridized carbons (Fsp3) is 0.214. The van der Waals surface area contributed by atoms with Gasteiger partial charge in [-0.3, -0.25) is 9.59 Å². The highest BCUT2D eigenvalue weighted by atomic mass is 32.1. The van der Waals surface area contributed by atoms with Gasteiger partial charge in [-0.1, -0.05) is 23.5 Å². The molecule has 0 aliphatic carbocycles. The molecule has 0 radical (unpaired) electrons. The van der Waals surface area contributed by atoms with Crippen LogP contribution in [0.4, 0.5) is 10.8 Å². The Labute approximate surface area is 121 Å². The molecule has 2 rings (SSSR count). The van der Waals surface area contributed by atoms with E-state index >= 15 is 0 Å². The molecular weight excluding hydrogens is 274 g/mol. The molecule has 2 aromatic rings. The van der Waals surface area contributed by atoms with E-state index in [4.69, 9.17) is 0 Å². The summed E-state index contributed by atoms with van der Waals surface area (Å²) in [5.41, 5.74) is 1.85. The van der Waals surface area contributed by atoms with Gasteiger partial charge in [-0.15, -0.1) is 0 Å². The first kappa shape index (κ1) is 14.2. The minimum atomic E-state index is -0.220. The van der Waals surface area contributed by atoms with Crippen molar-refractivity contribution in [1.82, 2.24) is 4.98 Å². The van der Waals surface area contributed by atoms with E-state index in [9.17, 15) is 9.59 Å². The monoisotopic (exact) mass is 289 g/mol. The number of hydrogen-bond acceptors (Lipinski definition) is 5. The minimum absolute atomic E-state index is 0.0347. The lowest BCUT2D eigenvalue weighted by Gasteiger charge is -2.05. The molecule has 0 aliphatic heterocycles. The van der Waals surface area contributed by atoms with Crippen LogP contribution < -0.4 is 10.6 Å². The molecule has 0 aliphatic rings. The first-order chi connectivity index (χ1) is 9.51. The van der Waals surface area contributed by atoms with Crippen LogP contribution in [0.3, 0.4) is 0 Å². The van der Waals surface area contributed by atoms with Crippen molar-refractivity contribution in [3.8, 4) is 0 Å². The summed E-state index contributed by atoms with van der Waals surface area (Å²) in [4.78, 5) is 28.3. The smallest absolute Gasteiger partial charge is 0.267 e. The molecule has 0 bridgehead atoms. The third-order valence-corrected chi connectivity index (χ3v) is 3.92. The van der Waals surface area contributed by atoms with Crippen molar-refractivity contribution in [2.75, 3.05) is 17.7 Å². The summed E-state index contributed by atoms with van der Waals surface area (Å²) in [7, 11) is 1.76. The molecule has 20 heavy (non-hydrogen) atoms. The van der Waals surface area contributed by atoms with E-state index in [0.717, 1.165) is 0 Å². The summed E-state index contributed by atoms with van der Waals surface area (Å²) in [6.07, 6.45) is 0. The van der Waals surface area contributed by atoms with Crippen LogP contribution in [0.25, 0.3) is 0 Å². The van der Waals surface area contributed by atoms with Gasteiger partial charge in [-0.25, -0.2) is 4.98 Å². The molecule has 5 nitrogen and oxygen atoms in total. The second-order valence-corrected chi connectivity index (χ2v) is 5.27. The molecule has 1 heterocycles. The molecule has 0 unspecified atom stereocenters. The second-order valence-electron chi connectivity index (χ2n) is 4.27. The number of Topliss-reactive ketones (excluding diaryl/α,β-unsaturated/α-hetero) is 1. The van der Waals surface area contributed by atoms with Crippen molar-refractivity contribution >= 4 is 33.8 Å². The van der Waals surface area contributed by atoms with Crippen LogP contribution >= 0.6 is 11.3 Å². The zero-order chi connectivity index (χ0) is 14.7. The number of rotatable bonds is 4. The van der Waals surface area contributed by atoms with Gasteiger partial charge in [0.1, 0.15) is 4.88 Å². The van der Waals surface area contributed by atoms with Gasteiger partial charge in [-0.2, -0.15) is 0 Å². The van der Waals surface area contributed by atoms with Crippen molar-refractivity contribution in [3.63, 3.8) is 0 Å². The van der Waals surface area contributed by atoms with Crippen LogP contribution in [-0.4, -0.2) is 23.7 Å². The summed E-state index contributed by atoms with van der Waals surface area (Å²) in [6, 6.07) is 6.87. The Morgan fingerprint density at radius 2 is 2.05 bits per heavy atom. The maximum Gasteiger partial charge on any atom is 0.267 e. The number of anilines is 2. The summed E-state index contributed by atoms with van der Waals surface area (Å²) in [6.45, 7) is 3.28. The number of carbonyl (C=O) groups excluding carboxylic acids is 2. The Morgan fingerprint density at radius 1 is 1.30 bits per heavy atom. The lowest BCUT2D eigenvalue weighted by molar-refractivity contribution is 0.101. The van der Waals surface area contributed by atoms with Crippen molar-refractivity contribution < 1.29 is 9.59 Å². The molecule has 6 heteroatoms. The number of benzene rings is 1. The van der Waals surface area contributed by atoms with Gasteiger partial charge in [0, 0.05) is 18.3 Å². The van der Waals surface area contributed by atoms with Crippen molar-refractivity contribution in [1.29, 1.82) is 0 Å². The molecule has 1 aromatic heterocycles. The first-order valence-corrected chi connectivity index (χ1v) is 6.90. The van der Waals surface area contributed by atoms with E-state index < -0.39 is 0 Å². The standard InChI is InChI=1S/C14H15N3O2S/c1-8-12(20-14(15-3)16-8)13(19)17-11-6-4-5-10(7-11)9(2)18/h4-7H,1-3H3,(H,15,16)(H,17,19). The van der Waals surface area contributed by atoms with Gasteiger partial charge in [0.2, 0.25) is 0 Å². The molecule has 0 fully saturated rings. The van der Waals surface area contributed by atoms with E-state index in [0.29, 0.717) is 27.0 Å². The zero-order valence-electron chi connectivity index (χ0n) is 11.5. The predicted octanol–water partition coefficient (Wildman–Crippen LogP) is 2.95. The molecule has 104 valence electrons. The molecule has 0 atom stereocenters. The highest BCUT2D eigenvalue weighted by molar-refractivity contribution is 7.17. The first-order valence-electron chi connectivity index (χ1n) is 6.09. The Balaban J connectivity index is 2.21. The highest BCUT2D eigenvalue weighted by Gasteiger charge is 2.15. The average molecular weight is 289 g/mol. The molecule has 1 aromatic carbocycles. The quantitative estimate of drug-likeness (QED) is 0.849. The maximum absolute atomic E-state index is 12.2. The fourth-order valence-corrected chi connectivity index (χ4v) is 2.53. The van der Waals surface area contributed by atoms with E-state index in [1.807, 2.05) is 0 Å². The number of aromatic nitrogens is 1. The fourth-order valence-electron chi connectivity index (χ4n) is 1.72. The average Bonchev–Trinajstić information content (AvgIpc) is 2.80. The predicted molar refractivity (Wildman–Crippen MR) is 80.8 cm³/mol. The van der Waals surface area contributed by atoms with Crippen molar-refractivity contribution in [2.24, 2.45) is 0 Å². The van der Waals surface area contributed by atoms with Crippen molar-refractivity contribution in [2.45, 2.75) is 13.8 Å². The summed E-state index contributed by atoms with van der Waals surface area (Å²) < 4.78 is 0. The van der Waals surface area contributed by atoms with Gasteiger partial charge < -0.3 is 10.6 Å². The third-order valence-electron chi connectivity index (χ3n) is 2.74. The van der Waals surface area contributed by atoms with Gasteiger partial charge in [0.15, 0.2) is 10.9 Å². The molecule has 0 spiro atoms. The number of nitrogens with zero attached hydrogens (tertiary/aromatic N) is 1.